The zero-order chi connectivity index (χ0) is 13.0. The van der Waals surface area contributed by atoms with Gasteiger partial charge in [0.25, 0.3) is 0 Å². The van der Waals surface area contributed by atoms with E-state index in [4.69, 9.17) is 11.3 Å². The molecule has 18 heavy (non-hydrogen) atoms. The summed E-state index contributed by atoms with van der Waals surface area (Å²) in [6.07, 6.45) is 6.10. The van der Waals surface area contributed by atoms with Gasteiger partial charge < -0.3 is 0 Å². The average molecular weight is 241 g/mol. The van der Waals surface area contributed by atoms with E-state index in [-0.39, 0.29) is 0 Å². The van der Waals surface area contributed by atoms with Crippen LogP contribution in [0.2, 0.25) is 0 Å². The van der Waals surface area contributed by atoms with Gasteiger partial charge in [0, 0.05) is 12.7 Å². The Morgan fingerprint density at radius 1 is 1.39 bits per heavy atom. The van der Waals surface area contributed by atoms with Gasteiger partial charge in [-0.2, -0.15) is 0 Å². The number of para-hydroxylation sites is 1. The van der Waals surface area contributed by atoms with Crippen LogP contribution < -0.4 is 9.74 Å². The van der Waals surface area contributed by atoms with Crippen molar-refractivity contribution in [1.82, 2.24) is 9.94 Å². The number of terminal acetylenes is 1. The third-order valence-corrected chi connectivity index (χ3v) is 2.30. The largest absolute Gasteiger partial charge is 0.440 e. The highest BCUT2D eigenvalue weighted by molar-refractivity contribution is 5.86. The predicted octanol–water partition coefficient (Wildman–Crippen LogP) is 1.55. The summed E-state index contributed by atoms with van der Waals surface area (Å²) in [7, 11) is 1.61. The molecule has 0 aliphatic heterocycles. The fraction of sp³-hybridized carbons (Fsp3) is 0.0769. The zero-order valence-corrected chi connectivity index (χ0v) is 9.78. The summed E-state index contributed by atoms with van der Waals surface area (Å²) in [5, 5.41) is 3.86. The molecule has 0 fully saturated rings. The van der Waals surface area contributed by atoms with Gasteiger partial charge in [0.2, 0.25) is 0 Å². The highest BCUT2D eigenvalue weighted by Crippen LogP contribution is 2.11. The summed E-state index contributed by atoms with van der Waals surface area (Å²) >= 11 is 0. The molecule has 0 bridgehead atoms. The van der Waals surface area contributed by atoms with Gasteiger partial charge in [-0.05, 0) is 24.1 Å². The lowest BCUT2D eigenvalue weighted by Crippen LogP contribution is -2.34. The molecular weight excluding hydrogens is 230 g/mol. The molecule has 0 atom stereocenters. The number of rotatable bonds is 2. The maximum atomic E-state index is 11.8. The number of carbonyl (C=O) groups is 1. The summed E-state index contributed by atoms with van der Waals surface area (Å²) < 4.78 is 0. The molecule has 5 heteroatoms. The Morgan fingerprint density at radius 2 is 2.11 bits per heavy atom. The normalized spacial score (nSPS) is 9.56. The lowest BCUT2D eigenvalue weighted by molar-refractivity contribution is 0.124. The molecule has 1 aromatic heterocycles. The second kappa shape index (κ2) is 5.06. The first-order valence-electron chi connectivity index (χ1n) is 5.24. The van der Waals surface area contributed by atoms with Gasteiger partial charge in [0.1, 0.15) is 5.69 Å². The first-order chi connectivity index (χ1) is 8.70. The predicted molar refractivity (Wildman–Crippen MR) is 67.0 cm³/mol. The fourth-order valence-corrected chi connectivity index (χ4v) is 1.33. The van der Waals surface area contributed by atoms with E-state index in [2.05, 4.69) is 11.0 Å². The Bertz CT molecular complexity index is 584. The van der Waals surface area contributed by atoms with Crippen LogP contribution >= 0.6 is 0 Å². The second-order valence-electron chi connectivity index (χ2n) is 3.50. The number of hydrogen-bond acceptors (Lipinski definition) is 3. The lowest BCUT2D eigenvalue weighted by Gasteiger charge is -2.15. The van der Waals surface area contributed by atoms with E-state index in [1.807, 2.05) is 18.2 Å². The summed E-state index contributed by atoms with van der Waals surface area (Å²) in [5.41, 5.74) is 1.14. The van der Waals surface area contributed by atoms with E-state index in [1.54, 1.807) is 25.2 Å². The van der Waals surface area contributed by atoms with Crippen LogP contribution in [0.5, 0.6) is 0 Å². The Morgan fingerprint density at radius 3 is 2.72 bits per heavy atom. The lowest BCUT2D eigenvalue weighted by atomic mass is 10.3. The summed E-state index contributed by atoms with van der Waals surface area (Å²) in [4.78, 5) is 19.2. The van der Waals surface area contributed by atoms with E-state index >= 15 is 0 Å². The summed E-state index contributed by atoms with van der Waals surface area (Å²) in [6, 6.07) is 10.7. The van der Waals surface area contributed by atoms with E-state index in [0.717, 1.165) is 10.5 Å². The van der Waals surface area contributed by atoms with Crippen LogP contribution in [-0.2, 0) is 0 Å². The van der Waals surface area contributed by atoms with E-state index in [0.29, 0.717) is 5.69 Å². The highest BCUT2D eigenvalue weighted by atomic mass is 16.7. The van der Waals surface area contributed by atoms with Gasteiger partial charge in [-0.3, -0.25) is 9.74 Å². The van der Waals surface area contributed by atoms with Crippen LogP contribution in [-0.4, -0.2) is 23.1 Å². The van der Waals surface area contributed by atoms with Crippen LogP contribution in [0.3, 0.4) is 0 Å². The molecule has 1 amide bonds. The maximum absolute atomic E-state index is 11.8. The Hall–Kier alpha value is -2.74. The standard InChI is InChI=1S/C13H11N3O2/c1-3-11-9-10-16(14-11)18-13(17)15(2)12-7-5-4-6-8-12/h1,4-10H,2H3. The minimum atomic E-state index is -0.548. The van der Waals surface area contributed by atoms with Crippen LogP contribution in [0.4, 0.5) is 10.5 Å². The Kier molecular flexibility index (Phi) is 3.30. The molecule has 0 N–H and O–H groups in total. The topological polar surface area (TPSA) is 47.4 Å². The smallest absolute Gasteiger partial charge is 0.299 e. The van der Waals surface area contributed by atoms with Crippen molar-refractivity contribution in [1.29, 1.82) is 0 Å². The van der Waals surface area contributed by atoms with Gasteiger partial charge in [-0.15, -0.1) is 11.5 Å². The van der Waals surface area contributed by atoms with Crippen LogP contribution in [0.25, 0.3) is 0 Å². The number of carbonyl (C=O) groups excluding carboxylic acids is 1. The monoisotopic (exact) mass is 241 g/mol. The van der Waals surface area contributed by atoms with Crippen molar-refractivity contribution < 1.29 is 9.63 Å². The molecule has 1 aromatic carbocycles. The molecular formula is C13H11N3O2. The Labute approximate surface area is 105 Å². The first-order valence-corrected chi connectivity index (χ1v) is 5.24. The molecule has 90 valence electrons. The SMILES string of the molecule is C#Cc1ccn(OC(=O)N(C)c2ccccc2)n1. The van der Waals surface area contributed by atoms with Crippen molar-refractivity contribution in [3.8, 4) is 12.3 Å². The van der Waals surface area contributed by atoms with E-state index < -0.39 is 6.09 Å². The molecule has 0 aliphatic carbocycles. The summed E-state index contributed by atoms with van der Waals surface area (Å²) in [6.45, 7) is 0. The molecule has 1 heterocycles. The van der Waals surface area contributed by atoms with Gasteiger partial charge in [-0.1, -0.05) is 23.0 Å². The Balaban J connectivity index is 2.06. The van der Waals surface area contributed by atoms with Crippen molar-refractivity contribution in [3.05, 3.63) is 48.3 Å². The quantitative estimate of drug-likeness (QED) is 0.749. The maximum Gasteiger partial charge on any atom is 0.440 e. The van der Waals surface area contributed by atoms with Crippen LogP contribution in [0, 0.1) is 12.3 Å². The number of amides is 1. The summed E-state index contributed by atoms with van der Waals surface area (Å²) in [5.74, 6) is 2.34. The van der Waals surface area contributed by atoms with Gasteiger partial charge in [-0.25, -0.2) is 4.79 Å². The number of nitrogens with zero attached hydrogens (tertiary/aromatic N) is 3. The zero-order valence-electron chi connectivity index (χ0n) is 9.78. The second-order valence-corrected chi connectivity index (χ2v) is 3.50. The molecule has 2 rings (SSSR count). The molecule has 0 spiro atoms. The third-order valence-electron chi connectivity index (χ3n) is 2.30. The van der Waals surface area contributed by atoms with Crippen molar-refractivity contribution >= 4 is 11.8 Å². The molecule has 0 radical (unpaired) electrons. The molecule has 0 aliphatic rings. The minimum absolute atomic E-state index is 0.408. The third kappa shape index (κ3) is 2.50. The molecule has 0 saturated heterocycles. The van der Waals surface area contributed by atoms with Gasteiger partial charge >= 0.3 is 6.09 Å². The minimum Gasteiger partial charge on any atom is -0.299 e. The molecule has 2 aromatic rings. The highest BCUT2D eigenvalue weighted by Gasteiger charge is 2.13. The molecule has 0 unspecified atom stereocenters. The number of hydrogen-bond donors (Lipinski definition) is 0. The number of anilines is 1. The van der Waals surface area contributed by atoms with Crippen LogP contribution in [0.1, 0.15) is 5.69 Å². The van der Waals surface area contributed by atoms with Crippen molar-refractivity contribution in [2.45, 2.75) is 0 Å². The van der Waals surface area contributed by atoms with Crippen molar-refractivity contribution in [2.75, 3.05) is 11.9 Å². The van der Waals surface area contributed by atoms with E-state index in [9.17, 15) is 4.79 Å². The van der Waals surface area contributed by atoms with Crippen LogP contribution in [0.15, 0.2) is 42.6 Å². The van der Waals surface area contributed by atoms with Crippen molar-refractivity contribution in [2.24, 2.45) is 0 Å². The number of benzene rings is 1. The number of aromatic nitrogens is 2. The van der Waals surface area contributed by atoms with Gasteiger partial charge in [0.15, 0.2) is 0 Å². The van der Waals surface area contributed by atoms with Gasteiger partial charge in [0.05, 0.1) is 6.20 Å². The van der Waals surface area contributed by atoms with E-state index in [1.165, 1.54) is 11.1 Å². The first kappa shape index (κ1) is 11.7. The fourth-order valence-electron chi connectivity index (χ4n) is 1.33. The average Bonchev–Trinajstić information content (AvgIpc) is 2.86. The molecule has 0 saturated carbocycles. The molecule has 5 nitrogen and oxygen atoms in total. The van der Waals surface area contributed by atoms with Crippen molar-refractivity contribution in [3.63, 3.8) is 0 Å².